The predicted molar refractivity (Wildman–Crippen MR) is 92.3 cm³/mol. The van der Waals surface area contributed by atoms with Crippen LogP contribution in [0, 0.1) is 5.92 Å². The van der Waals surface area contributed by atoms with E-state index in [1.807, 2.05) is 0 Å². The molecule has 2 heterocycles. The largest absolute Gasteiger partial charge is 0.348 e. The Hall–Kier alpha value is -1.34. The highest BCUT2D eigenvalue weighted by atomic mass is 32.2. The Kier molecular flexibility index (Phi) is 5.01. The van der Waals surface area contributed by atoms with Crippen molar-refractivity contribution in [2.24, 2.45) is 13.0 Å². The molecule has 0 spiro atoms. The van der Waals surface area contributed by atoms with E-state index in [1.165, 1.54) is 16.8 Å². The Bertz CT molecular complexity index is 705. The number of carbonyl (C=O) groups is 1. The smallest absolute Gasteiger partial charge is 0.268 e. The SMILES string of the molecule is C[C@@H]1CCCC[C@H]1NC(=O)c1cc(S(=O)(=O)N2CCCC2)cn1C. The van der Waals surface area contributed by atoms with Gasteiger partial charge in [0.2, 0.25) is 10.0 Å². The molecule has 1 aromatic heterocycles. The zero-order valence-electron chi connectivity index (χ0n) is 14.5. The lowest BCUT2D eigenvalue weighted by Gasteiger charge is -2.29. The first-order valence-electron chi connectivity index (χ1n) is 8.87. The van der Waals surface area contributed by atoms with Gasteiger partial charge in [0, 0.05) is 32.4 Å². The second-order valence-electron chi connectivity index (χ2n) is 7.12. The summed E-state index contributed by atoms with van der Waals surface area (Å²) in [4.78, 5) is 12.8. The van der Waals surface area contributed by atoms with Crippen LogP contribution in [0.1, 0.15) is 55.9 Å². The lowest BCUT2D eigenvalue weighted by Crippen LogP contribution is -2.41. The molecule has 3 rings (SSSR count). The van der Waals surface area contributed by atoms with E-state index in [4.69, 9.17) is 0 Å². The summed E-state index contributed by atoms with van der Waals surface area (Å²) < 4.78 is 28.4. The second kappa shape index (κ2) is 6.88. The summed E-state index contributed by atoms with van der Waals surface area (Å²) in [7, 11) is -1.76. The van der Waals surface area contributed by atoms with E-state index in [0.29, 0.717) is 24.7 Å². The van der Waals surface area contributed by atoms with Crippen LogP contribution in [0.4, 0.5) is 0 Å². The Morgan fingerprint density at radius 3 is 2.50 bits per heavy atom. The van der Waals surface area contributed by atoms with Crippen LogP contribution in [0.3, 0.4) is 0 Å². The van der Waals surface area contributed by atoms with Gasteiger partial charge in [-0.1, -0.05) is 19.8 Å². The molecule has 2 atom stereocenters. The number of nitrogens with zero attached hydrogens (tertiary/aromatic N) is 2. The fourth-order valence-electron chi connectivity index (χ4n) is 3.75. The first kappa shape index (κ1) is 17.5. The summed E-state index contributed by atoms with van der Waals surface area (Å²) in [5, 5.41) is 3.09. The number of aryl methyl sites for hydroxylation is 1. The molecular formula is C17H27N3O3S. The number of amides is 1. The van der Waals surface area contributed by atoms with Crippen molar-refractivity contribution in [3.63, 3.8) is 0 Å². The molecule has 2 aliphatic rings. The van der Waals surface area contributed by atoms with Crippen molar-refractivity contribution in [1.29, 1.82) is 0 Å². The fourth-order valence-corrected chi connectivity index (χ4v) is 5.34. The van der Waals surface area contributed by atoms with Crippen molar-refractivity contribution in [3.8, 4) is 0 Å². The Labute approximate surface area is 144 Å². The van der Waals surface area contributed by atoms with E-state index in [9.17, 15) is 13.2 Å². The van der Waals surface area contributed by atoms with Gasteiger partial charge in [-0.15, -0.1) is 0 Å². The van der Waals surface area contributed by atoms with E-state index in [-0.39, 0.29) is 16.8 Å². The van der Waals surface area contributed by atoms with Crippen LogP contribution in [-0.2, 0) is 17.1 Å². The maximum absolute atomic E-state index is 12.6. The second-order valence-corrected chi connectivity index (χ2v) is 9.06. The maximum Gasteiger partial charge on any atom is 0.268 e. The van der Waals surface area contributed by atoms with Crippen LogP contribution in [0.2, 0.25) is 0 Å². The lowest BCUT2D eigenvalue weighted by atomic mass is 9.86. The third kappa shape index (κ3) is 3.37. The summed E-state index contributed by atoms with van der Waals surface area (Å²) in [6, 6.07) is 1.69. The molecule has 1 amide bonds. The van der Waals surface area contributed by atoms with Crippen LogP contribution in [-0.4, -0.2) is 42.3 Å². The highest BCUT2D eigenvalue weighted by molar-refractivity contribution is 7.89. The molecule has 1 saturated carbocycles. The zero-order chi connectivity index (χ0) is 17.3. The highest BCUT2D eigenvalue weighted by Crippen LogP contribution is 2.25. The number of carbonyl (C=O) groups excluding carboxylic acids is 1. The topological polar surface area (TPSA) is 71.4 Å². The minimum Gasteiger partial charge on any atom is -0.348 e. The van der Waals surface area contributed by atoms with Crippen LogP contribution >= 0.6 is 0 Å². The average Bonchev–Trinajstić information content (AvgIpc) is 3.19. The minimum absolute atomic E-state index is 0.180. The van der Waals surface area contributed by atoms with Gasteiger partial charge in [-0.3, -0.25) is 4.79 Å². The van der Waals surface area contributed by atoms with E-state index in [0.717, 1.165) is 32.1 Å². The van der Waals surface area contributed by atoms with Gasteiger partial charge in [-0.25, -0.2) is 8.42 Å². The van der Waals surface area contributed by atoms with Crippen LogP contribution in [0.5, 0.6) is 0 Å². The van der Waals surface area contributed by atoms with Gasteiger partial charge in [0.15, 0.2) is 0 Å². The highest BCUT2D eigenvalue weighted by Gasteiger charge is 2.30. The van der Waals surface area contributed by atoms with E-state index < -0.39 is 10.0 Å². The number of sulfonamides is 1. The third-order valence-electron chi connectivity index (χ3n) is 5.34. The molecule has 1 aliphatic heterocycles. The normalized spacial score (nSPS) is 25.8. The van der Waals surface area contributed by atoms with Crippen molar-refractivity contribution < 1.29 is 13.2 Å². The number of hydrogen-bond acceptors (Lipinski definition) is 3. The van der Waals surface area contributed by atoms with Crippen molar-refractivity contribution >= 4 is 15.9 Å². The summed E-state index contributed by atoms with van der Waals surface area (Å²) in [5.41, 5.74) is 0.408. The molecule has 0 aromatic carbocycles. The number of aromatic nitrogens is 1. The molecule has 7 heteroatoms. The Morgan fingerprint density at radius 2 is 1.83 bits per heavy atom. The lowest BCUT2D eigenvalue weighted by molar-refractivity contribution is 0.0902. The first-order chi connectivity index (χ1) is 11.4. The molecule has 1 N–H and O–H groups in total. The molecule has 6 nitrogen and oxygen atoms in total. The third-order valence-corrected chi connectivity index (χ3v) is 7.21. The molecule has 1 saturated heterocycles. The van der Waals surface area contributed by atoms with Gasteiger partial charge in [0.05, 0.1) is 0 Å². The van der Waals surface area contributed by atoms with Gasteiger partial charge in [-0.05, 0) is 37.7 Å². The van der Waals surface area contributed by atoms with Crippen molar-refractivity contribution in [2.75, 3.05) is 13.1 Å². The Morgan fingerprint density at radius 1 is 1.17 bits per heavy atom. The number of rotatable bonds is 4. The molecule has 134 valence electrons. The van der Waals surface area contributed by atoms with Crippen molar-refractivity contribution in [3.05, 3.63) is 18.0 Å². The molecule has 0 bridgehead atoms. The van der Waals surface area contributed by atoms with Gasteiger partial charge >= 0.3 is 0 Å². The molecule has 1 aromatic rings. The molecule has 0 unspecified atom stereocenters. The predicted octanol–water partition coefficient (Wildman–Crippen LogP) is 2.12. The van der Waals surface area contributed by atoms with E-state index >= 15 is 0 Å². The molecule has 0 radical (unpaired) electrons. The van der Waals surface area contributed by atoms with Gasteiger partial charge in [-0.2, -0.15) is 4.31 Å². The summed E-state index contributed by atoms with van der Waals surface area (Å²) in [5.74, 6) is 0.287. The molecular weight excluding hydrogens is 326 g/mol. The summed E-state index contributed by atoms with van der Waals surface area (Å²) >= 11 is 0. The van der Waals surface area contributed by atoms with Gasteiger partial charge in [0.25, 0.3) is 5.91 Å². The Balaban J connectivity index is 1.77. The standard InChI is InChI=1S/C17H27N3O3S/c1-13-7-3-4-8-15(13)18-17(21)16-11-14(12-19(16)2)24(22,23)20-9-5-6-10-20/h11-13,15H,3-10H2,1-2H3,(H,18,21)/t13-,15-/m1/s1. The van der Waals surface area contributed by atoms with Crippen LogP contribution < -0.4 is 5.32 Å². The van der Waals surface area contributed by atoms with Gasteiger partial charge in [0.1, 0.15) is 10.6 Å². The fraction of sp³-hybridized carbons (Fsp3) is 0.706. The monoisotopic (exact) mass is 353 g/mol. The van der Waals surface area contributed by atoms with Crippen molar-refractivity contribution in [2.45, 2.75) is 56.4 Å². The van der Waals surface area contributed by atoms with Gasteiger partial charge < -0.3 is 9.88 Å². The maximum atomic E-state index is 12.6. The van der Waals surface area contributed by atoms with Crippen LogP contribution in [0.25, 0.3) is 0 Å². The van der Waals surface area contributed by atoms with Crippen molar-refractivity contribution in [1.82, 2.24) is 14.2 Å². The quantitative estimate of drug-likeness (QED) is 0.901. The number of nitrogens with one attached hydrogen (secondary N) is 1. The molecule has 24 heavy (non-hydrogen) atoms. The average molecular weight is 353 g/mol. The minimum atomic E-state index is -3.49. The number of hydrogen-bond donors (Lipinski definition) is 1. The van der Waals surface area contributed by atoms with E-state index in [2.05, 4.69) is 12.2 Å². The summed E-state index contributed by atoms with van der Waals surface area (Å²) in [6.07, 6.45) is 7.83. The zero-order valence-corrected chi connectivity index (χ0v) is 15.3. The molecule has 1 aliphatic carbocycles. The summed E-state index contributed by atoms with van der Waals surface area (Å²) in [6.45, 7) is 3.30. The van der Waals surface area contributed by atoms with Crippen LogP contribution in [0.15, 0.2) is 17.2 Å². The van der Waals surface area contributed by atoms with E-state index in [1.54, 1.807) is 17.8 Å². The molecule has 2 fully saturated rings. The first-order valence-corrected chi connectivity index (χ1v) is 10.3.